The second kappa shape index (κ2) is 10.8. The Labute approximate surface area is 228 Å². The average molecular weight is 555 g/mol. The molecule has 1 unspecified atom stereocenters. The smallest absolute Gasteiger partial charge is 0.280 e. The third-order valence-electron chi connectivity index (χ3n) is 6.57. The van der Waals surface area contributed by atoms with Crippen LogP contribution in [0.2, 0.25) is 0 Å². The van der Waals surface area contributed by atoms with Gasteiger partial charge in [-0.3, -0.25) is 19.8 Å². The molecule has 2 saturated heterocycles. The summed E-state index contributed by atoms with van der Waals surface area (Å²) in [6, 6.07) is 10.5. The molecule has 2 amide bonds. The molecule has 0 radical (unpaired) electrons. The number of carbonyl (C=O) groups excluding carboxylic acids is 2. The Hall–Kier alpha value is -3.35. The van der Waals surface area contributed by atoms with Crippen LogP contribution in [-0.2, 0) is 11.3 Å². The van der Waals surface area contributed by atoms with Gasteiger partial charge in [0.05, 0.1) is 10.3 Å². The Bertz CT molecular complexity index is 1490. The van der Waals surface area contributed by atoms with E-state index in [1.165, 1.54) is 18.0 Å². The number of hydrogen-bond acceptors (Lipinski definition) is 8. The SMILES string of the molecule is CCn1cc(C(=O)NN2C(=O)/C(=C/c3ccccc3)SC2S)c(=O)c2cc(F)c(N3CCN(C)CC3)nc21. The van der Waals surface area contributed by atoms with Crippen molar-refractivity contribution >= 4 is 59.1 Å². The molecular formula is C26H27FN6O3S2. The fourth-order valence-corrected chi connectivity index (χ4v) is 5.81. The quantitative estimate of drug-likeness (QED) is 0.370. The summed E-state index contributed by atoms with van der Waals surface area (Å²) in [4.78, 5) is 48.5. The minimum atomic E-state index is -0.781. The number of halogens is 1. The van der Waals surface area contributed by atoms with Gasteiger partial charge in [0.1, 0.15) is 15.9 Å². The molecule has 2 aromatic heterocycles. The number of nitrogens with one attached hydrogen (secondary N) is 1. The molecule has 12 heteroatoms. The molecule has 198 valence electrons. The van der Waals surface area contributed by atoms with Crippen LogP contribution >= 0.6 is 24.4 Å². The highest BCUT2D eigenvalue weighted by molar-refractivity contribution is 8.14. The van der Waals surface area contributed by atoms with Gasteiger partial charge in [-0.25, -0.2) is 14.4 Å². The Morgan fingerprint density at radius 1 is 1.21 bits per heavy atom. The number of nitrogens with zero attached hydrogens (tertiary/aromatic N) is 5. The van der Waals surface area contributed by atoms with Gasteiger partial charge in [-0.05, 0) is 31.7 Å². The number of anilines is 1. The standard InChI is InChI=1S/C26H27FN6O3S2/c1-3-31-15-18(21(34)17-14-19(27)23(28-22(17)31)32-11-9-30(2)10-12-32)24(35)29-33-25(36)20(38-26(33)37)13-16-7-5-4-6-8-16/h4-8,13-15,26,37H,3,9-12H2,1-2H3,(H,29,35)/b20-13-. The topological polar surface area (TPSA) is 90.8 Å². The van der Waals surface area contributed by atoms with E-state index >= 15 is 4.39 Å². The number of amides is 2. The zero-order valence-electron chi connectivity index (χ0n) is 20.9. The highest BCUT2D eigenvalue weighted by Crippen LogP contribution is 2.37. The normalized spacial score (nSPS) is 19.5. The molecule has 1 aromatic carbocycles. The lowest BCUT2D eigenvalue weighted by Crippen LogP contribution is -2.47. The van der Waals surface area contributed by atoms with E-state index in [1.807, 2.05) is 49.2 Å². The zero-order valence-corrected chi connectivity index (χ0v) is 22.6. The van der Waals surface area contributed by atoms with E-state index in [2.05, 4.69) is 27.9 Å². The van der Waals surface area contributed by atoms with E-state index < -0.39 is 27.8 Å². The van der Waals surface area contributed by atoms with Crippen molar-refractivity contribution in [2.45, 2.75) is 18.2 Å². The fraction of sp³-hybridized carbons (Fsp3) is 0.308. The maximum absolute atomic E-state index is 15.2. The molecule has 2 aliphatic heterocycles. The van der Waals surface area contributed by atoms with Crippen LogP contribution in [0.4, 0.5) is 10.2 Å². The van der Waals surface area contributed by atoms with Gasteiger partial charge in [0, 0.05) is 38.9 Å². The number of aromatic nitrogens is 2. The molecule has 0 spiro atoms. The van der Waals surface area contributed by atoms with E-state index in [9.17, 15) is 14.4 Å². The lowest BCUT2D eigenvalue weighted by Gasteiger charge is -2.33. The summed E-state index contributed by atoms with van der Waals surface area (Å²) in [7, 11) is 2.01. The van der Waals surface area contributed by atoms with Gasteiger partial charge in [0.2, 0.25) is 5.43 Å². The molecule has 5 rings (SSSR count). The summed E-state index contributed by atoms with van der Waals surface area (Å²) in [5.41, 5.74) is 2.78. The molecule has 1 N–H and O–H groups in total. The largest absolute Gasteiger partial charge is 0.352 e. The third-order valence-corrected chi connectivity index (χ3v) is 8.09. The van der Waals surface area contributed by atoms with Gasteiger partial charge in [-0.2, -0.15) is 0 Å². The Kier molecular flexibility index (Phi) is 7.46. The van der Waals surface area contributed by atoms with E-state index in [4.69, 9.17) is 0 Å². The van der Waals surface area contributed by atoms with Gasteiger partial charge >= 0.3 is 0 Å². The van der Waals surface area contributed by atoms with Crippen molar-refractivity contribution in [3.8, 4) is 0 Å². The minimum Gasteiger partial charge on any atom is -0.352 e. The van der Waals surface area contributed by atoms with Crippen molar-refractivity contribution in [2.75, 3.05) is 38.1 Å². The summed E-state index contributed by atoms with van der Waals surface area (Å²) in [5, 5.41) is 1.09. The van der Waals surface area contributed by atoms with Crippen LogP contribution in [0.25, 0.3) is 17.1 Å². The van der Waals surface area contributed by atoms with Gasteiger partial charge in [0.15, 0.2) is 11.6 Å². The molecule has 2 aliphatic rings. The van der Waals surface area contributed by atoms with Crippen molar-refractivity contribution in [2.24, 2.45) is 0 Å². The van der Waals surface area contributed by atoms with Gasteiger partial charge < -0.3 is 14.4 Å². The van der Waals surface area contributed by atoms with E-state index in [0.717, 1.165) is 29.7 Å². The maximum atomic E-state index is 15.2. The summed E-state index contributed by atoms with van der Waals surface area (Å²) in [6.07, 6.45) is 3.12. The summed E-state index contributed by atoms with van der Waals surface area (Å²) in [6.45, 7) is 5.04. The molecule has 0 saturated carbocycles. The lowest BCUT2D eigenvalue weighted by atomic mass is 10.1. The van der Waals surface area contributed by atoms with Crippen LogP contribution in [0.15, 0.2) is 52.3 Å². The van der Waals surface area contributed by atoms with Gasteiger partial charge in [-0.1, -0.05) is 42.1 Å². The Balaban J connectivity index is 1.44. The monoisotopic (exact) mass is 554 g/mol. The first-order valence-corrected chi connectivity index (χ1v) is 13.6. The molecular weight excluding hydrogens is 527 g/mol. The highest BCUT2D eigenvalue weighted by Gasteiger charge is 2.36. The summed E-state index contributed by atoms with van der Waals surface area (Å²) >= 11 is 5.61. The number of benzene rings is 1. The molecule has 0 aliphatic carbocycles. The van der Waals surface area contributed by atoms with Crippen LogP contribution in [0.3, 0.4) is 0 Å². The number of rotatable bonds is 5. The van der Waals surface area contributed by atoms with Crippen molar-refractivity contribution in [3.05, 3.63) is 74.7 Å². The number of likely N-dealkylation sites (N-methyl/N-ethyl adjacent to an activating group) is 1. The number of piperazine rings is 1. The molecule has 3 aromatic rings. The summed E-state index contributed by atoms with van der Waals surface area (Å²) in [5.74, 6) is -1.64. The first-order valence-electron chi connectivity index (χ1n) is 12.2. The van der Waals surface area contributed by atoms with E-state index in [0.29, 0.717) is 30.2 Å². The van der Waals surface area contributed by atoms with Crippen molar-refractivity contribution < 1.29 is 14.0 Å². The van der Waals surface area contributed by atoms with E-state index in [1.54, 1.807) is 10.6 Å². The number of carbonyl (C=O) groups is 2. The highest BCUT2D eigenvalue weighted by atomic mass is 32.2. The molecule has 2 fully saturated rings. The molecule has 38 heavy (non-hydrogen) atoms. The first kappa shape index (κ1) is 26.3. The minimum absolute atomic E-state index is 0.00378. The van der Waals surface area contributed by atoms with Gasteiger partial charge in [-0.15, -0.1) is 12.6 Å². The Morgan fingerprint density at radius 2 is 1.92 bits per heavy atom. The molecule has 0 bridgehead atoms. The number of aryl methyl sites for hydroxylation is 1. The lowest BCUT2D eigenvalue weighted by molar-refractivity contribution is -0.127. The molecule has 9 nitrogen and oxygen atoms in total. The van der Waals surface area contributed by atoms with Crippen molar-refractivity contribution in [1.82, 2.24) is 24.9 Å². The first-order chi connectivity index (χ1) is 18.3. The van der Waals surface area contributed by atoms with Crippen LogP contribution in [-0.4, -0.2) is 69.2 Å². The number of pyridine rings is 2. The fourth-order valence-electron chi connectivity index (χ4n) is 4.43. The second-order valence-corrected chi connectivity index (χ2v) is 11.1. The third kappa shape index (κ3) is 5.03. The number of thiol groups is 1. The predicted octanol–water partition coefficient (Wildman–Crippen LogP) is 2.78. The van der Waals surface area contributed by atoms with Crippen molar-refractivity contribution in [3.63, 3.8) is 0 Å². The van der Waals surface area contributed by atoms with Crippen molar-refractivity contribution in [1.29, 1.82) is 0 Å². The number of hydrazine groups is 1. The molecule has 4 heterocycles. The average Bonchev–Trinajstić information content (AvgIpc) is 3.17. The van der Waals surface area contributed by atoms with Gasteiger partial charge in [0.25, 0.3) is 11.8 Å². The molecule has 1 atom stereocenters. The maximum Gasteiger partial charge on any atom is 0.280 e. The Morgan fingerprint density at radius 3 is 2.61 bits per heavy atom. The van der Waals surface area contributed by atoms with E-state index in [-0.39, 0.29) is 16.8 Å². The van der Waals surface area contributed by atoms with Crippen LogP contribution in [0, 0.1) is 5.82 Å². The van der Waals surface area contributed by atoms with Crippen LogP contribution in [0.1, 0.15) is 22.8 Å². The number of fused-ring (bicyclic) bond motifs is 1. The summed E-state index contributed by atoms with van der Waals surface area (Å²) < 4.78 is 16.1. The predicted molar refractivity (Wildman–Crippen MR) is 150 cm³/mol. The number of hydrogen-bond donors (Lipinski definition) is 2. The second-order valence-electron chi connectivity index (χ2n) is 9.09. The van der Waals surface area contributed by atoms with Crippen LogP contribution < -0.4 is 15.8 Å². The zero-order chi connectivity index (χ0) is 27.0. The number of thioether (sulfide) groups is 1. The van der Waals surface area contributed by atoms with Crippen LogP contribution in [0.5, 0.6) is 0 Å².